The van der Waals surface area contributed by atoms with Gasteiger partial charge in [-0.3, -0.25) is 9.36 Å². The highest BCUT2D eigenvalue weighted by Gasteiger charge is 2.19. The summed E-state index contributed by atoms with van der Waals surface area (Å²) in [5, 5.41) is 9.87. The van der Waals surface area contributed by atoms with E-state index in [1.807, 2.05) is 0 Å². The fourth-order valence-corrected chi connectivity index (χ4v) is 3.08. The minimum atomic E-state index is -1.34. The number of aromatic carboxylic acids is 1. The van der Waals surface area contributed by atoms with Gasteiger partial charge in [-0.15, -0.1) is 0 Å². The van der Waals surface area contributed by atoms with Gasteiger partial charge in [0, 0.05) is 17.7 Å². The van der Waals surface area contributed by atoms with E-state index in [0.29, 0.717) is 5.56 Å². The number of hydrogen-bond donors (Lipinski definition) is 1. The molecule has 112 valence electrons. The Morgan fingerprint density at radius 1 is 1.36 bits per heavy atom. The number of fused-ring (bicyclic) bond motifs is 1. The van der Waals surface area contributed by atoms with E-state index in [1.165, 1.54) is 10.6 Å². The lowest BCUT2D eigenvalue weighted by molar-refractivity contribution is 0.0695. The standard InChI is InChI=1S/C12H6Cl2N4O3S/c1-4-2-6(13)15-9-7(4)8(19)5(10(20)21)3-18(9)12-16-11(14)17-22-12/h2-3H,1H3,(H,20,21). The van der Waals surface area contributed by atoms with Gasteiger partial charge in [-0.05, 0) is 30.2 Å². The topological polar surface area (TPSA) is 98.0 Å². The second-order valence-electron chi connectivity index (χ2n) is 4.35. The Labute approximate surface area is 136 Å². The molecular weight excluding hydrogens is 351 g/mol. The van der Waals surface area contributed by atoms with Gasteiger partial charge >= 0.3 is 5.97 Å². The van der Waals surface area contributed by atoms with Gasteiger partial charge in [-0.1, -0.05) is 11.6 Å². The average Bonchev–Trinajstić information content (AvgIpc) is 2.84. The molecule has 0 saturated heterocycles. The van der Waals surface area contributed by atoms with Gasteiger partial charge in [0.25, 0.3) is 0 Å². The number of nitrogens with zero attached hydrogens (tertiary/aromatic N) is 4. The molecule has 0 amide bonds. The summed E-state index contributed by atoms with van der Waals surface area (Å²) >= 11 is 12.6. The van der Waals surface area contributed by atoms with E-state index in [2.05, 4.69) is 14.3 Å². The van der Waals surface area contributed by atoms with Crippen LogP contribution in [0, 0.1) is 6.92 Å². The summed E-state index contributed by atoms with van der Waals surface area (Å²) in [7, 11) is 0. The lowest BCUT2D eigenvalue weighted by Gasteiger charge is -2.10. The molecule has 3 aromatic heterocycles. The molecule has 0 radical (unpaired) electrons. The molecule has 22 heavy (non-hydrogen) atoms. The van der Waals surface area contributed by atoms with Crippen LogP contribution in [0.1, 0.15) is 15.9 Å². The highest BCUT2D eigenvalue weighted by Crippen LogP contribution is 2.23. The van der Waals surface area contributed by atoms with E-state index in [-0.39, 0.29) is 26.6 Å². The maximum absolute atomic E-state index is 12.4. The molecule has 0 atom stereocenters. The minimum Gasteiger partial charge on any atom is -0.477 e. The molecule has 0 aliphatic heterocycles. The highest BCUT2D eigenvalue weighted by atomic mass is 35.5. The molecule has 0 bridgehead atoms. The average molecular weight is 357 g/mol. The van der Waals surface area contributed by atoms with Gasteiger partial charge in [-0.25, -0.2) is 9.78 Å². The maximum Gasteiger partial charge on any atom is 0.341 e. The molecule has 0 aliphatic rings. The van der Waals surface area contributed by atoms with E-state index in [9.17, 15) is 14.7 Å². The zero-order valence-corrected chi connectivity index (χ0v) is 13.2. The molecule has 1 N–H and O–H groups in total. The van der Waals surface area contributed by atoms with Crippen LogP contribution in [0.3, 0.4) is 0 Å². The quantitative estimate of drug-likeness (QED) is 0.708. The van der Waals surface area contributed by atoms with Gasteiger partial charge in [0.15, 0.2) is 5.65 Å². The molecule has 0 spiro atoms. The lowest BCUT2D eigenvalue weighted by Crippen LogP contribution is -2.19. The van der Waals surface area contributed by atoms with E-state index in [4.69, 9.17) is 23.2 Å². The zero-order valence-electron chi connectivity index (χ0n) is 10.9. The summed E-state index contributed by atoms with van der Waals surface area (Å²) in [6.45, 7) is 1.65. The summed E-state index contributed by atoms with van der Waals surface area (Å²) < 4.78 is 5.18. The third-order valence-corrected chi connectivity index (χ3v) is 4.13. The number of halogens is 2. The number of carboxylic acid groups (broad SMARTS) is 1. The van der Waals surface area contributed by atoms with E-state index < -0.39 is 17.0 Å². The van der Waals surface area contributed by atoms with Crippen molar-refractivity contribution in [2.45, 2.75) is 6.92 Å². The summed E-state index contributed by atoms with van der Waals surface area (Å²) in [6.07, 6.45) is 1.15. The van der Waals surface area contributed by atoms with Crippen LogP contribution in [0.15, 0.2) is 17.1 Å². The minimum absolute atomic E-state index is 0.0162. The SMILES string of the molecule is Cc1cc(Cl)nc2c1c(=O)c(C(=O)O)cn2-c1nc(Cl)ns1. The molecule has 3 aromatic rings. The number of aromatic nitrogens is 4. The van der Waals surface area contributed by atoms with Crippen LogP contribution in [0.2, 0.25) is 10.4 Å². The third kappa shape index (κ3) is 2.35. The molecule has 0 aromatic carbocycles. The first-order valence-electron chi connectivity index (χ1n) is 5.84. The van der Waals surface area contributed by atoms with Gasteiger partial charge in [-0.2, -0.15) is 9.36 Å². The fourth-order valence-electron chi connectivity index (χ4n) is 2.05. The van der Waals surface area contributed by atoms with Crippen molar-refractivity contribution in [3.8, 4) is 5.13 Å². The second-order valence-corrected chi connectivity index (χ2v) is 5.81. The first-order valence-corrected chi connectivity index (χ1v) is 7.37. The Kier molecular flexibility index (Phi) is 3.59. The Balaban J connectivity index is 2.52. The van der Waals surface area contributed by atoms with Crippen LogP contribution in [0.25, 0.3) is 16.2 Å². The Hall–Kier alpha value is -2.03. The number of pyridine rings is 2. The lowest BCUT2D eigenvalue weighted by atomic mass is 10.1. The Bertz CT molecular complexity index is 982. The predicted octanol–water partition coefficient (Wildman–Crippen LogP) is 2.55. The van der Waals surface area contributed by atoms with Crippen molar-refractivity contribution in [2.75, 3.05) is 0 Å². The van der Waals surface area contributed by atoms with Crippen LogP contribution >= 0.6 is 34.7 Å². The van der Waals surface area contributed by atoms with E-state index >= 15 is 0 Å². The van der Waals surface area contributed by atoms with Crippen molar-refractivity contribution in [1.82, 2.24) is 18.9 Å². The number of hydrogen-bond acceptors (Lipinski definition) is 6. The highest BCUT2D eigenvalue weighted by molar-refractivity contribution is 7.08. The third-order valence-electron chi connectivity index (χ3n) is 2.95. The smallest absolute Gasteiger partial charge is 0.341 e. The van der Waals surface area contributed by atoms with Crippen molar-refractivity contribution in [2.24, 2.45) is 0 Å². The van der Waals surface area contributed by atoms with Gasteiger partial charge in [0.1, 0.15) is 10.7 Å². The van der Waals surface area contributed by atoms with Crippen molar-refractivity contribution < 1.29 is 9.90 Å². The molecule has 7 nitrogen and oxygen atoms in total. The maximum atomic E-state index is 12.4. The van der Waals surface area contributed by atoms with Gasteiger partial charge in [0.05, 0.1) is 5.39 Å². The molecular formula is C12H6Cl2N4O3S. The van der Waals surface area contributed by atoms with Gasteiger partial charge in [0.2, 0.25) is 15.8 Å². The number of carboxylic acids is 1. The van der Waals surface area contributed by atoms with Crippen LogP contribution in [0.5, 0.6) is 0 Å². The molecule has 0 fully saturated rings. The first kappa shape index (κ1) is 14.9. The summed E-state index contributed by atoms with van der Waals surface area (Å²) in [4.78, 5) is 31.8. The van der Waals surface area contributed by atoms with Crippen LogP contribution in [-0.4, -0.2) is 30.0 Å². The van der Waals surface area contributed by atoms with E-state index in [1.54, 1.807) is 6.92 Å². The summed E-state index contributed by atoms with van der Waals surface area (Å²) in [6, 6.07) is 1.49. The normalized spacial score (nSPS) is 11.0. The van der Waals surface area contributed by atoms with Crippen molar-refractivity contribution in [1.29, 1.82) is 0 Å². The van der Waals surface area contributed by atoms with Gasteiger partial charge < -0.3 is 5.11 Å². The first-order chi connectivity index (χ1) is 10.4. The van der Waals surface area contributed by atoms with Crippen molar-refractivity contribution in [3.63, 3.8) is 0 Å². The van der Waals surface area contributed by atoms with Crippen molar-refractivity contribution >= 4 is 51.7 Å². The molecule has 0 unspecified atom stereocenters. The predicted molar refractivity (Wildman–Crippen MR) is 82.5 cm³/mol. The zero-order chi connectivity index (χ0) is 16.0. The van der Waals surface area contributed by atoms with Crippen molar-refractivity contribution in [3.05, 3.63) is 44.1 Å². The molecule has 10 heteroatoms. The molecule has 3 rings (SSSR count). The van der Waals surface area contributed by atoms with Crippen LogP contribution in [0.4, 0.5) is 0 Å². The fraction of sp³-hybridized carbons (Fsp3) is 0.0833. The number of carbonyl (C=O) groups is 1. The number of rotatable bonds is 2. The number of aryl methyl sites for hydroxylation is 1. The Morgan fingerprint density at radius 3 is 2.68 bits per heavy atom. The summed E-state index contributed by atoms with van der Waals surface area (Å²) in [5.74, 6) is -1.34. The second kappa shape index (κ2) is 5.31. The van der Waals surface area contributed by atoms with Crippen LogP contribution in [-0.2, 0) is 0 Å². The molecule has 3 heterocycles. The molecule has 0 saturated carbocycles. The summed E-state index contributed by atoms with van der Waals surface area (Å²) in [5.41, 5.74) is -0.303. The monoisotopic (exact) mass is 356 g/mol. The Morgan fingerprint density at radius 2 is 2.09 bits per heavy atom. The van der Waals surface area contributed by atoms with E-state index in [0.717, 1.165) is 17.7 Å². The van der Waals surface area contributed by atoms with Crippen LogP contribution < -0.4 is 5.43 Å². The molecule has 0 aliphatic carbocycles. The largest absolute Gasteiger partial charge is 0.477 e.